The highest BCUT2D eigenvalue weighted by molar-refractivity contribution is 6.31. The van der Waals surface area contributed by atoms with E-state index in [0.717, 1.165) is 17.7 Å². The summed E-state index contributed by atoms with van der Waals surface area (Å²) in [5.41, 5.74) is 0.304. The number of halogens is 4. The second kappa shape index (κ2) is 8.41. The van der Waals surface area contributed by atoms with Crippen molar-refractivity contribution in [2.75, 3.05) is 6.54 Å². The summed E-state index contributed by atoms with van der Waals surface area (Å²) < 4.78 is 44.0. The zero-order valence-electron chi connectivity index (χ0n) is 14.8. The van der Waals surface area contributed by atoms with Crippen LogP contribution in [0.2, 0.25) is 5.02 Å². The molecule has 0 unspecified atom stereocenters. The number of likely N-dealkylation sites (tertiary alicyclic amines) is 1. The van der Waals surface area contributed by atoms with E-state index < -0.39 is 30.0 Å². The molecule has 1 saturated heterocycles. The van der Waals surface area contributed by atoms with Crippen LogP contribution in [-0.4, -0.2) is 28.7 Å². The van der Waals surface area contributed by atoms with Gasteiger partial charge in [0.05, 0.1) is 17.7 Å². The van der Waals surface area contributed by atoms with Crippen LogP contribution >= 0.6 is 11.6 Å². The quantitative estimate of drug-likeness (QED) is 0.753. The van der Waals surface area contributed by atoms with E-state index in [1.165, 1.54) is 11.0 Å². The third-order valence-corrected chi connectivity index (χ3v) is 5.03. The number of piperidine rings is 1. The van der Waals surface area contributed by atoms with Gasteiger partial charge >= 0.3 is 12.3 Å². The van der Waals surface area contributed by atoms with E-state index >= 15 is 0 Å². The third-order valence-electron chi connectivity index (χ3n) is 4.70. The van der Waals surface area contributed by atoms with E-state index in [2.05, 4.69) is 0 Å². The number of carbonyl (C=O) groups excluding carboxylic acids is 1. The number of hydrogen-bond acceptors (Lipinski definition) is 3. The minimum absolute atomic E-state index is 0.0756. The molecule has 0 radical (unpaired) electrons. The second-order valence-corrected chi connectivity index (χ2v) is 7.07. The van der Waals surface area contributed by atoms with E-state index in [9.17, 15) is 23.1 Å². The van der Waals surface area contributed by atoms with Crippen LogP contribution in [0.15, 0.2) is 48.5 Å². The number of aliphatic hydroxyl groups excluding tert-OH is 1. The topological polar surface area (TPSA) is 49.8 Å². The predicted molar refractivity (Wildman–Crippen MR) is 97.8 cm³/mol. The number of alkyl halides is 3. The molecular weight excluding hydrogens is 395 g/mol. The average Bonchev–Trinajstić information content (AvgIpc) is 2.66. The molecule has 3 rings (SSSR count). The van der Waals surface area contributed by atoms with Crippen LogP contribution in [0.4, 0.5) is 18.0 Å². The van der Waals surface area contributed by atoms with Crippen molar-refractivity contribution in [1.82, 2.24) is 4.90 Å². The third kappa shape index (κ3) is 4.77. The summed E-state index contributed by atoms with van der Waals surface area (Å²) in [6.45, 7) is 0.295. The maximum Gasteiger partial charge on any atom is 0.416 e. The summed E-state index contributed by atoms with van der Waals surface area (Å²) in [6, 6.07) is 11.5. The number of benzene rings is 2. The lowest BCUT2D eigenvalue weighted by molar-refractivity contribution is -0.137. The zero-order valence-corrected chi connectivity index (χ0v) is 15.6. The van der Waals surface area contributed by atoms with E-state index in [4.69, 9.17) is 16.3 Å². The first-order chi connectivity index (χ1) is 13.3. The van der Waals surface area contributed by atoms with Gasteiger partial charge in [0.25, 0.3) is 0 Å². The summed E-state index contributed by atoms with van der Waals surface area (Å²) >= 11 is 6.10. The van der Waals surface area contributed by atoms with Gasteiger partial charge in [-0.3, -0.25) is 0 Å². The Morgan fingerprint density at radius 3 is 2.57 bits per heavy atom. The molecule has 0 saturated carbocycles. The van der Waals surface area contributed by atoms with Crippen LogP contribution < -0.4 is 0 Å². The van der Waals surface area contributed by atoms with Crippen molar-refractivity contribution in [3.8, 4) is 0 Å². The fourth-order valence-corrected chi connectivity index (χ4v) is 3.54. The van der Waals surface area contributed by atoms with Gasteiger partial charge in [-0.05, 0) is 36.1 Å². The Bertz CT molecular complexity index is 829. The Morgan fingerprint density at radius 1 is 1.21 bits per heavy atom. The number of aliphatic hydroxyl groups is 1. The Labute approximate surface area is 165 Å². The molecule has 0 aliphatic carbocycles. The van der Waals surface area contributed by atoms with Gasteiger partial charge < -0.3 is 14.7 Å². The van der Waals surface area contributed by atoms with Gasteiger partial charge in [0.2, 0.25) is 0 Å². The van der Waals surface area contributed by atoms with Crippen molar-refractivity contribution in [2.45, 2.75) is 37.8 Å². The Kier molecular flexibility index (Phi) is 6.15. The molecule has 4 nitrogen and oxygen atoms in total. The van der Waals surface area contributed by atoms with Crippen molar-refractivity contribution in [3.05, 3.63) is 70.2 Å². The average molecular weight is 414 g/mol. The summed E-state index contributed by atoms with van der Waals surface area (Å²) in [4.78, 5) is 14.0. The Hall–Kier alpha value is -2.25. The molecular formula is C20H19ClF3NO3. The van der Waals surface area contributed by atoms with Crippen molar-refractivity contribution in [3.63, 3.8) is 0 Å². The number of nitrogens with zero attached hydrogens (tertiary/aromatic N) is 1. The first-order valence-electron chi connectivity index (χ1n) is 8.77. The minimum Gasteiger partial charge on any atom is -0.445 e. The maximum atomic E-state index is 12.9. The summed E-state index contributed by atoms with van der Waals surface area (Å²) in [6.07, 6.45) is -5.26. The number of ether oxygens (including phenoxy) is 1. The lowest BCUT2D eigenvalue weighted by atomic mass is 9.93. The molecule has 8 heteroatoms. The summed E-state index contributed by atoms with van der Waals surface area (Å²) in [7, 11) is 0. The molecule has 2 atom stereocenters. The summed E-state index contributed by atoms with van der Waals surface area (Å²) in [5, 5.41) is 9.92. The van der Waals surface area contributed by atoms with E-state index in [1.807, 2.05) is 30.3 Å². The van der Waals surface area contributed by atoms with Gasteiger partial charge in [-0.15, -0.1) is 0 Å². The summed E-state index contributed by atoms with van der Waals surface area (Å²) in [5.74, 6) is 0. The molecule has 1 heterocycles. The first-order valence-corrected chi connectivity index (χ1v) is 9.15. The highest BCUT2D eigenvalue weighted by Crippen LogP contribution is 2.38. The molecule has 0 aromatic heterocycles. The molecule has 1 N–H and O–H groups in total. The van der Waals surface area contributed by atoms with Crippen molar-refractivity contribution < 1.29 is 27.8 Å². The smallest absolute Gasteiger partial charge is 0.416 e. The van der Waals surface area contributed by atoms with E-state index in [1.54, 1.807) is 0 Å². The number of hydrogen-bond donors (Lipinski definition) is 1. The van der Waals surface area contributed by atoms with Crippen LogP contribution in [0.5, 0.6) is 0 Å². The van der Waals surface area contributed by atoms with Crippen molar-refractivity contribution in [1.29, 1.82) is 0 Å². The lowest BCUT2D eigenvalue weighted by Gasteiger charge is -2.37. The fraction of sp³-hybridized carbons (Fsp3) is 0.350. The largest absolute Gasteiger partial charge is 0.445 e. The van der Waals surface area contributed by atoms with Gasteiger partial charge in [0.1, 0.15) is 6.61 Å². The molecule has 28 heavy (non-hydrogen) atoms. The lowest BCUT2D eigenvalue weighted by Crippen LogP contribution is -2.43. The molecule has 0 bridgehead atoms. The molecule has 1 fully saturated rings. The van der Waals surface area contributed by atoms with Crippen LogP contribution in [0.3, 0.4) is 0 Å². The zero-order chi connectivity index (χ0) is 20.3. The minimum atomic E-state index is -4.51. The second-order valence-electron chi connectivity index (χ2n) is 6.66. The number of carbonyl (C=O) groups is 1. The molecule has 2 aromatic rings. The first kappa shape index (κ1) is 20.5. The van der Waals surface area contributed by atoms with E-state index in [-0.39, 0.29) is 24.6 Å². The maximum absolute atomic E-state index is 12.9. The Balaban J connectivity index is 1.79. The SMILES string of the molecule is O=C(OCc1ccccc1)N1CC[C@H](O)C[C@@H]1c1ccc(C(F)(F)F)cc1Cl. The van der Waals surface area contributed by atoms with Crippen molar-refractivity contribution >= 4 is 17.7 Å². The highest BCUT2D eigenvalue weighted by atomic mass is 35.5. The molecule has 150 valence electrons. The highest BCUT2D eigenvalue weighted by Gasteiger charge is 2.36. The standard InChI is InChI=1S/C20H19ClF3NO3/c21-17-10-14(20(22,23)24)6-7-16(17)18-11-15(26)8-9-25(18)19(27)28-12-13-4-2-1-3-5-13/h1-7,10,15,18,26H,8-9,11-12H2/t15-,18+/m0/s1. The van der Waals surface area contributed by atoms with Gasteiger partial charge in [-0.2, -0.15) is 13.2 Å². The molecule has 1 aliphatic rings. The van der Waals surface area contributed by atoms with Crippen LogP contribution in [0.25, 0.3) is 0 Å². The normalized spacial score (nSPS) is 20.1. The molecule has 2 aromatic carbocycles. The van der Waals surface area contributed by atoms with Gasteiger partial charge in [0, 0.05) is 11.6 Å². The fourth-order valence-electron chi connectivity index (χ4n) is 3.24. The van der Waals surface area contributed by atoms with Gasteiger partial charge in [0.15, 0.2) is 0 Å². The molecule has 0 spiro atoms. The molecule has 1 aliphatic heterocycles. The van der Waals surface area contributed by atoms with Crippen LogP contribution in [-0.2, 0) is 17.5 Å². The van der Waals surface area contributed by atoms with Crippen LogP contribution in [0, 0.1) is 0 Å². The monoisotopic (exact) mass is 413 g/mol. The van der Waals surface area contributed by atoms with E-state index in [0.29, 0.717) is 12.0 Å². The van der Waals surface area contributed by atoms with Gasteiger partial charge in [-0.25, -0.2) is 4.79 Å². The van der Waals surface area contributed by atoms with Crippen molar-refractivity contribution in [2.24, 2.45) is 0 Å². The predicted octanol–water partition coefficient (Wildman–Crippen LogP) is 5.19. The van der Waals surface area contributed by atoms with Crippen LogP contribution in [0.1, 0.15) is 35.6 Å². The number of amides is 1. The molecule has 1 amide bonds. The Morgan fingerprint density at radius 2 is 1.93 bits per heavy atom. The van der Waals surface area contributed by atoms with Gasteiger partial charge in [-0.1, -0.05) is 48.0 Å². The number of rotatable bonds is 3.